The lowest BCUT2D eigenvalue weighted by Gasteiger charge is -2.14. The van der Waals surface area contributed by atoms with Crippen LogP contribution in [0.1, 0.15) is 28.8 Å². The smallest absolute Gasteiger partial charge is 0.256 e. The number of anilines is 1. The molecule has 6 nitrogen and oxygen atoms in total. The third-order valence-electron chi connectivity index (χ3n) is 3.47. The molecule has 0 aromatic carbocycles. The van der Waals surface area contributed by atoms with Gasteiger partial charge in [0.05, 0.1) is 5.56 Å². The minimum absolute atomic E-state index is 0.0197. The number of aromatic nitrogens is 3. The molecule has 0 bridgehead atoms. The third kappa shape index (κ3) is 3.34. The van der Waals surface area contributed by atoms with Crippen molar-refractivity contribution in [3.05, 3.63) is 48.0 Å². The molecule has 1 amide bonds. The van der Waals surface area contributed by atoms with Crippen molar-refractivity contribution in [1.82, 2.24) is 19.9 Å². The molecular weight excluding hydrogens is 266 g/mol. The highest BCUT2D eigenvalue weighted by Gasteiger charge is 2.19. The second-order valence-corrected chi connectivity index (χ2v) is 5.01. The first-order chi connectivity index (χ1) is 10.3. The SMILES string of the molecule is O=C(c1cnc(NCc2cccnc2)nc1)N1CCCC1. The highest BCUT2D eigenvalue weighted by Crippen LogP contribution is 2.12. The topological polar surface area (TPSA) is 71.0 Å². The van der Waals surface area contributed by atoms with Gasteiger partial charge in [-0.2, -0.15) is 0 Å². The number of pyridine rings is 1. The minimum atomic E-state index is 0.0197. The van der Waals surface area contributed by atoms with E-state index in [1.165, 1.54) is 0 Å². The summed E-state index contributed by atoms with van der Waals surface area (Å²) in [6.07, 6.45) is 8.85. The molecule has 0 radical (unpaired) electrons. The molecule has 108 valence electrons. The number of hydrogen-bond acceptors (Lipinski definition) is 5. The van der Waals surface area contributed by atoms with E-state index in [1.54, 1.807) is 24.8 Å². The van der Waals surface area contributed by atoms with Gasteiger partial charge < -0.3 is 10.2 Å². The molecule has 2 aromatic rings. The van der Waals surface area contributed by atoms with E-state index in [4.69, 9.17) is 0 Å². The average molecular weight is 283 g/mol. The number of nitrogens with zero attached hydrogens (tertiary/aromatic N) is 4. The molecule has 3 rings (SSSR count). The van der Waals surface area contributed by atoms with Crippen LogP contribution in [0.2, 0.25) is 0 Å². The molecule has 1 aliphatic heterocycles. The standard InChI is InChI=1S/C15H17N5O/c21-14(20-6-1-2-7-20)13-10-18-15(19-11-13)17-9-12-4-3-5-16-8-12/h3-5,8,10-11H,1-2,6-7,9H2,(H,17,18,19). The fraction of sp³-hybridized carbons (Fsp3) is 0.333. The van der Waals surface area contributed by atoms with Gasteiger partial charge in [0, 0.05) is 44.4 Å². The molecule has 21 heavy (non-hydrogen) atoms. The monoisotopic (exact) mass is 283 g/mol. The van der Waals surface area contributed by atoms with Crippen LogP contribution in [0.3, 0.4) is 0 Å². The van der Waals surface area contributed by atoms with Crippen molar-refractivity contribution in [2.45, 2.75) is 19.4 Å². The number of carbonyl (C=O) groups excluding carboxylic acids is 1. The number of carbonyl (C=O) groups is 1. The van der Waals surface area contributed by atoms with Crippen molar-refractivity contribution >= 4 is 11.9 Å². The van der Waals surface area contributed by atoms with E-state index >= 15 is 0 Å². The molecule has 1 N–H and O–H groups in total. The van der Waals surface area contributed by atoms with E-state index in [2.05, 4.69) is 20.3 Å². The van der Waals surface area contributed by atoms with Crippen molar-refractivity contribution in [1.29, 1.82) is 0 Å². The Hall–Kier alpha value is -2.50. The molecule has 0 unspecified atom stereocenters. The van der Waals surface area contributed by atoms with Gasteiger partial charge in [-0.3, -0.25) is 9.78 Å². The molecule has 0 aliphatic carbocycles. The number of amides is 1. The van der Waals surface area contributed by atoms with Gasteiger partial charge >= 0.3 is 0 Å². The molecule has 0 atom stereocenters. The van der Waals surface area contributed by atoms with E-state index in [0.29, 0.717) is 18.1 Å². The molecule has 2 aromatic heterocycles. The van der Waals surface area contributed by atoms with Crippen LogP contribution in [-0.2, 0) is 6.54 Å². The quantitative estimate of drug-likeness (QED) is 0.925. The number of hydrogen-bond donors (Lipinski definition) is 1. The minimum Gasteiger partial charge on any atom is -0.350 e. The Labute approximate surface area is 123 Å². The zero-order chi connectivity index (χ0) is 14.5. The van der Waals surface area contributed by atoms with Gasteiger partial charge in [-0.05, 0) is 24.5 Å². The lowest BCUT2D eigenvalue weighted by molar-refractivity contribution is 0.0792. The Bertz CT molecular complexity index is 593. The maximum absolute atomic E-state index is 12.2. The maximum Gasteiger partial charge on any atom is 0.256 e. The first-order valence-electron chi connectivity index (χ1n) is 7.07. The Morgan fingerprint density at radius 1 is 1.19 bits per heavy atom. The molecule has 1 fully saturated rings. The predicted molar refractivity (Wildman–Crippen MR) is 78.7 cm³/mol. The summed E-state index contributed by atoms with van der Waals surface area (Å²) < 4.78 is 0. The number of nitrogens with one attached hydrogen (secondary N) is 1. The van der Waals surface area contributed by atoms with Crippen molar-refractivity contribution < 1.29 is 4.79 Å². The Morgan fingerprint density at radius 2 is 1.95 bits per heavy atom. The molecule has 1 saturated heterocycles. The zero-order valence-corrected chi connectivity index (χ0v) is 11.7. The lowest BCUT2D eigenvalue weighted by atomic mass is 10.3. The van der Waals surface area contributed by atoms with Crippen LogP contribution in [0, 0.1) is 0 Å². The second-order valence-electron chi connectivity index (χ2n) is 5.01. The normalized spacial score (nSPS) is 14.2. The van der Waals surface area contributed by atoms with Crippen LogP contribution in [0.25, 0.3) is 0 Å². The van der Waals surface area contributed by atoms with Crippen molar-refractivity contribution in [2.24, 2.45) is 0 Å². The highest BCUT2D eigenvalue weighted by molar-refractivity contribution is 5.93. The van der Waals surface area contributed by atoms with Crippen molar-refractivity contribution in [3.63, 3.8) is 0 Å². The van der Waals surface area contributed by atoms with Crippen LogP contribution in [0.4, 0.5) is 5.95 Å². The van der Waals surface area contributed by atoms with Crippen molar-refractivity contribution in [3.8, 4) is 0 Å². The Morgan fingerprint density at radius 3 is 2.62 bits per heavy atom. The van der Waals surface area contributed by atoms with Gasteiger partial charge in [0.2, 0.25) is 5.95 Å². The molecule has 6 heteroatoms. The number of rotatable bonds is 4. The molecule has 3 heterocycles. The fourth-order valence-corrected chi connectivity index (χ4v) is 2.32. The van der Waals surface area contributed by atoms with Crippen LogP contribution >= 0.6 is 0 Å². The average Bonchev–Trinajstić information content (AvgIpc) is 3.08. The van der Waals surface area contributed by atoms with E-state index in [1.807, 2.05) is 17.0 Å². The van der Waals surface area contributed by atoms with Gasteiger partial charge in [-0.15, -0.1) is 0 Å². The highest BCUT2D eigenvalue weighted by atomic mass is 16.2. The van der Waals surface area contributed by atoms with Gasteiger partial charge in [0.25, 0.3) is 5.91 Å². The number of likely N-dealkylation sites (tertiary alicyclic amines) is 1. The van der Waals surface area contributed by atoms with Crippen LogP contribution in [0.15, 0.2) is 36.9 Å². The lowest BCUT2D eigenvalue weighted by Crippen LogP contribution is -2.27. The maximum atomic E-state index is 12.2. The summed E-state index contributed by atoms with van der Waals surface area (Å²) in [5, 5.41) is 3.11. The summed E-state index contributed by atoms with van der Waals surface area (Å²) in [5.74, 6) is 0.531. The summed E-state index contributed by atoms with van der Waals surface area (Å²) in [6.45, 7) is 2.27. The van der Waals surface area contributed by atoms with Crippen molar-refractivity contribution in [2.75, 3.05) is 18.4 Å². The van der Waals surface area contributed by atoms with Crippen LogP contribution < -0.4 is 5.32 Å². The van der Waals surface area contributed by atoms with Gasteiger partial charge in [0.15, 0.2) is 0 Å². The largest absolute Gasteiger partial charge is 0.350 e. The van der Waals surface area contributed by atoms with Gasteiger partial charge in [-0.1, -0.05) is 6.07 Å². The van der Waals surface area contributed by atoms with E-state index < -0.39 is 0 Å². The summed E-state index contributed by atoms with van der Waals surface area (Å²) >= 11 is 0. The molecule has 0 spiro atoms. The zero-order valence-electron chi connectivity index (χ0n) is 11.7. The van der Waals surface area contributed by atoms with E-state index in [-0.39, 0.29) is 5.91 Å². The summed E-state index contributed by atoms with van der Waals surface area (Å²) in [5.41, 5.74) is 1.60. The fourth-order valence-electron chi connectivity index (χ4n) is 2.32. The Balaban J connectivity index is 1.60. The van der Waals surface area contributed by atoms with Crippen LogP contribution in [0.5, 0.6) is 0 Å². The second kappa shape index (κ2) is 6.30. The molecular formula is C15H17N5O. The third-order valence-corrected chi connectivity index (χ3v) is 3.47. The summed E-state index contributed by atoms with van der Waals surface area (Å²) in [4.78, 5) is 26.4. The van der Waals surface area contributed by atoms with Gasteiger partial charge in [-0.25, -0.2) is 9.97 Å². The first kappa shape index (κ1) is 13.5. The van der Waals surface area contributed by atoms with E-state index in [9.17, 15) is 4.79 Å². The predicted octanol–water partition coefficient (Wildman–Crippen LogP) is 1.72. The summed E-state index contributed by atoms with van der Waals surface area (Å²) in [6, 6.07) is 3.86. The first-order valence-corrected chi connectivity index (χ1v) is 7.07. The van der Waals surface area contributed by atoms with Gasteiger partial charge in [0.1, 0.15) is 0 Å². The van der Waals surface area contributed by atoms with E-state index in [0.717, 1.165) is 31.5 Å². The molecule has 1 aliphatic rings. The molecule has 0 saturated carbocycles. The van der Waals surface area contributed by atoms with Crippen LogP contribution in [-0.4, -0.2) is 38.8 Å². The Kier molecular flexibility index (Phi) is 4.04. The summed E-state index contributed by atoms with van der Waals surface area (Å²) in [7, 11) is 0.